The molecule has 1 aliphatic heterocycles. The third kappa shape index (κ3) is 5.98. The van der Waals surface area contributed by atoms with Crippen LogP contribution in [0.1, 0.15) is 17.5 Å². The van der Waals surface area contributed by atoms with E-state index >= 15 is 0 Å². The molecular formula is C26H24ClN3O3S. The minimum absolute atomic E-state index is 0.0809. The molecule has 1 atom stereocenters. The number of nitrogens with one attached hydrogen (secondary N) is 1. The predicted octanol–water partition coefficient (Wildman–Crippen LogP) is 5.82. The number of methoxy groups -OCH3 is 1. The maximum absolute atomic E-state index is 13.2. The molecule has 3 aromatic rings. The topological polar surface area (TPSA) is 71.0 Å². The average Bonchev–Trinajstić information content (AvgIpc) is 2.83. The van der Waals surface area contributed by atoms with Crippen LogP contribution in [0.5, 0.6) is 5.75 Å². The number of benzene rings is 3. The van der Waals surface area contributed by atoms with E-state index in [1.807, 2.05) is 55.5 Å². The van der Waals surface area contributed by atoms with Gasteiger partial charge in [-0.05, 0) is 66.6 Å². The molecular weight excluding hydrogens is 470 g/mol. The lowest BCUT2D eigenvalue weighted by Gasteiger charge is -2.32. The van der Waals surface area contributed by atoms with Gasteiger partial charge in [0.1, 0.15) is 11.0 Å². The molecule has 0 unspecified atom stereocenters. The number of hydrogen-bond acceptors (Lipinski definition) is 5. The van der Waals surface area contributed by atoms with Gasteiger partial charge < -0.3 is 10.1 Å². The zero-order chi connectivity index (χ0) is 24.1. The zero-order valence-corrected chi connectivity index (χ0v) is 20.4. The molecule has 0 bridgehead atoms. The van der Waals surface area contributed by atoms with Gasteiger partial charge in [-0.1, -0.05) is 47.6 Å². The summed E-state index contributed by atoms with van der Waals surface area (Å²) in [5, 5.41) is 3.44. The lowest BCUT2D eigenvalue weighted by atomic mass is 10.2. The van der Waals surface area contributed by atoms with E-state index in [4.69, 9.17) is 21.3 Å². The highest BCUT2D eigenvalue weighted by atomic mass is 35.5. The van der Waals surface area contributed by atoms with E-state index in [9.17, 15) is 9.59 Å². The summed E-state index contributed by atoms with van der Waals surface area (Å²) < 4.78 is 5.22. The van der Waals surface area contributed by atoms with Gasteiger partial charge in [-0.3, -0.25) is 14.5 Å². The first-order chi connectivity index (χ1) is 16.4. The number of amides is 2. The number of aliphatic imine (C=N–C) groups is 1. The first-order valence-electron chi connectivity index (χ1n) is 10.7. The lowest BCUT2D eigenvalue weighted by Crippen LogP contribution is -2.44. The number of ether oxygens (including phenoxy) is 1. The Morgan fingerprint density at radius 1 is 1.15 bits per heavy atom. The number of rotatable bonds is 6. The molecule has 0 aliphatic carbocycles. The average molecular weight is 494 g/mol. The fourth-order valence-electron chi connectivity index (χ4n) is 3.48. The maximum atomic E-state index is 13.2. The molecule has 0 saturated carbocycles. The quantitative estimate of drug-likeness (QED) is 0.470. The first-order valence-corrected chi connectivity index (χ1v) is 12.0. The monoisotopic (exact) mass is 493 g/mol. The van der Waals surface area contributed by atoms with E-state index in [1.54, 1.807) is 36.3 Å². The van der Waals surface area contributed by atoms with Crippen LogP contribution >= 0.6 is 23.4 Å². The van der Waals surface area contributed by atoms with Crippen molar-refractivity contribution >= 4 is 51.7 Å². The van der Waals surface area contributed by atoms with Crippen LogP contribution in [0.25, 0.3) is 0 Å². The number of carbonyl (C=O) groups excluding carboxylic acids is 2. The molecule has 8 heteroatoms. The van der Waals surface area contributed by atoms with Gasteiger partial charge in [0, 0.05) is 17.1 Å². The van der Waals surface area contributed by atoms with Gasteiger partial charge in [-0.2, -0.15) is 0 Å². The Morgan fingerprint density at radius 2 is 1.88 bits per heavy atom. The smallest absolute Gasteiger partial charge is 0.238 e. The SMILES string of the molecule is COc1ccc(N=C2S[C@@H](C(=O)Nc3cccc(C)c3)CC(=O)N2Cc2ccc(Cl)cc2)cc1. The Labute approximate surface area is 208 Å². The van der Waals surface area contributed by atoms with Crippen molar-refractivity contribution < 1.29 is 14.3 Å². The lowest BCUT2D eigenvalue weighted by molar-refractivity contribution is -0.129. The third-order valence-electron chi connectivity index (χ3n) is 5.27. The molecule has 1 heterocycles. The van der Waals surface area contributed by atoms with Crippen molar-refractivity contribution in [1.82, 2.24) is 4.90 Å². The van der Waals surface area contributed by atoms with E-state index in [0.717, 1.165) is 11.1 Å². The number of hydrogen-bond donors (Lipinski definition) is 1. The minimum Gasteiger partial charge on any atom is -0.497 e. The molecule has 6 nitrogen and oxygen atoms in total. The van der Waals surface area contributed by atoms with Crippen LogP contribution in [0.2, 0.25) is 5.02 Å². The normalized spacial score (nSPS) is 17.0. The van der Waals surface area contributed by atoms with Crippen LogP contribution in [0.15, 0.2) is 77.8 Å². The van der Waals surface area contributed by atoms with Crippen molar-refractivity contribution in [2.24, 2.45) is 4.99 Å². The Morgan fingerprint density at radius 3 is 2.56 bits per heavy atom. The van der Waals surface area contributed by atoms with Gasteiger partial charge in [-0.15, -0.1) is 0 Å². The molecule has 0 spiro atoms. The molecule has 1 fully saturated rings. The maximum Gasteiger partial charge on any atom is 0.238 e. The van der Waals surface area contributed by atoms with Crippen molar-refractivity contribution in [3.8, 4) is 5.75 Å². The van der Waals surface area contributed by atoms with Crippen LogP contribution in [-0.4, -0.2) is 34.2 Å². The standard InChI is InChI=1S/C26H24ClN3O3S/c1-17-4-3-5-21(14-17)28-25(32)23-15-24(31)30(16-18-6-8-19(27)9-7-18)26(34-23)29-20-10-12-22(33-2)13-11-20/h3-14,23H,15-16H2,1-2H3,(H,28,32)/t23-/m1/s1. The van der Waals surface area contributed by atoms with Gasteiger partial charge in [0.15, 0.2) is 5.17 Å². The second-order valence-electron chi connectivity index (χ2n) is 7.87. The van der Waals surface area contributed by atoms with Crippen LogP contribution in [-0.2, 0) is 16.1 Å². The molecule has 0 radical (unpaired) electrons. The second-order valence-corrected chi connectivity index (χ2v) is 9.47. The summed E-state index contributed by atoms with van der Waals surface area (Å²) in [4.78, 5) is 32.5. The summed E-state index contributed by atoms with van der Waals surface area (Å²) in [7, 11) is 1.60. The van der Waals surface area contributed by atoms with Crippen molar-refractivity contribution in [3.63, 3.8) is 0 Å². The third-order valence-corrected chi connectivity index (χ3v) is 6.71. The molecule has 2 amide bonds. The molecule has 0 aromatic heterocycles. The fraction of sp³-hybridized carbons (Fsp3) is 0.192. The van der Waals surface area contributed by atoms with E-state index in [2.05, 4.69) is 5.32 Å². The minimum atomic E-state index is -0.591. The van der Waals surface area contributed by atoms with E-state index < -0.39 is 5.25 Å². The number of halogens is 1. The molecule has 1 N–H and O–H groups in total. The summed E-state index contributed by atoms with van der Waals surface area (Å²) in [5.74, 6) is 0.327. The Balaban J connectivity index is 1.60. The largest absolute Gasteiger partial charge is 0.497 e. The summed E-state index contributed by atoms with van der Waals surface area (Å²) in [6, 6.07) is 22.1. The van der Waals surface area contributed by atoms with Crippen molar-refractivity contribution in [2.45, 2.75) is 25.1 Å². The highest BCUT2D eigenvalue weighted by Crippen LogP contribution is 2.31. The van der Waals surface area contributed by atoms with Gasteiger partial charge in [0.05, 0.1) is 19.3 Å². The molecule has 1 saturated heterocycles. The fourth-order valence-corrected chi connectivity index (χ4v) is 4.71. The molecule has 3 aromatic carbocycles. The van der Waals surface area contributed by atoms with Gasteiger partial charge >= 0.3 is 0 Å². The Hall–Kier alpha value is -3.29. The summed E-state index contributed by atoms with van der Waals surface area (Å²) in [6.45, 7) is 2.30. The number of nitrogens with zero attached hydrogens (tertiary/aromatic N) is 2. The van der Waals surface area contributed by atoms with E-state index in [1.165, 1.54) is 11.8 Å². The molecule has 34 heavy (non-hydrogen) atoms. The predicted molar refractivity (Wildman–Crippen MR) is 138 cm³/mol. The van der Waals surface area contributed by atoms with Crippen LogP contribution in [0.4, 0.5) is 11.4 Å². The first kappa shape index (κ1) is 23.9. The van der Waals surface area contributed by atoms with E-state index in [-0.39, 0.29) is 18.2 Å². The number of anilines is 1. The van der Waals surface area contributed by atoms with Gasteiger partial charge in [0.2, 0.25) is 11.8 Å². The van der Waals surface area contributed by atoms with Gasteiger partial charge in [0.25, 0.3) is 0 Å². The zero-order valence-electron chi connectivity index (χ0n) is 18.8. The van der Waals surface area contributed by atoms with Crippen molar-refractivity contribution in [3.05, 3.63) is 88.9 Å². The number of amidine groups is 1. The van der Waals surface area contributed by atoms with Crippen molar-refractivity contribution in [1.29, 1.82) is 0 Å². The van der Waals surface area contributed by atoms with Crippen LogP contribution in [0, 0.1) is 6.92 Å². The second kappa shape index (κ2) is 10.8. The Bertz CT molecular complexity index is 1210. The van der Waals surface area contributed by atoms with Crippen LogP contribution in [0.3, 0.4) is 0 Å². The number of carbonyl (C=O) groups is 2. The highest BCUT2D eigenvalue weighted by molar-refractivity contribution is 8.15. The molecule has 174 valence electrons. The van der Waals surface area contributed by atoms with Crippen LogP contribution < -0.4 is 10.1 Å². The highest BCUT2D eigenvalue weighted by Gasteiger charge is 2.36. The number of thioether (sulfide) groups is 1. The van der Waals surface area contributed by atoms with Crippen molar-refractivity contribution in [2.75, 3.05) is 12.4 Å². The summed E-state index contributed by atoms with van der Waals surface area (Å²) in [5.41, 5.74) is 3.33. The Kier molecular flexibility index (Phi) is 7.55. The molecule has 4 rings (SSSR count). The van der Waals surface area contributed by atoms with Gasteiger partial charge in [-0.25, -0.2) is 4.99 Å². The molecule has 1 aliphatic rings. The summed E-state index contributed by atoms with van der Waals surface area (Å²) in [6.07, 6.45) is 0.0809. The van der Waals surface area contributed by atoms with E-state index in [0.29, 0.717) is 33.9 Å². The number of aryl methyl sites for hydroxylation is 1. The summed E-state index contributed by atoms with van der Waals surface area (Å²) >= 11 is 7.30.